The van der Waals surface area contributed by atoms with Crippen LogP contribution in [-0.4, -0.2) is 6.36 Å². The average molecular weight is 385 g/mol. The third-order valence-electron chi connectivity index (χ3n) is 1.18. The van der Waals surface area contributed by atoms with Gasteiger partial charge in [0.25, 0.3) is 0 Å². The highest BCUT2D eigenvalue weighted by Crippen LogP contribution is 2.34. The average Bonchev–Trinajstić information content (AvgIpc) is 1.95. The third kappa shape index (κ3) is 3.26. The molecule has 14 heavy (non-hydrogen) atoms. The van der Waals surface area contributed by atoms with Crippen LogP contribution in [0.3, 0.4) is 0 Å². The standard InChI is InChI=1S/C7H2BrF4IO/c8-4-1-3(13)2-5(9)6(4)14-7(10,11)12/h1-2H. The highest BCUT2D eigenvalue weighted by molar-refractivity contribution is 14.1. The van der Waals surface area contributed by atoms with Gasteiger partial charge in [-0.1, -0.05) is 0 Å². The summed E-state index contributed by atoms with van der Waals surface area (Å²) in [4.78, 5) is 0. The van der Waals surface area contributed by atoms with E-state index in [-0.39, 0.29) is 4.47 Å². The van der Waals surface area contributed by atoms with Gasteiger partial charge < -0.3 is 4.74 Å². The van der Waals surface area contributed by atoms with E-state index >= 15 is 0 Å². The highest BCUT2D eigenvalue weighted by atomic mass is 127. The number of hydrogen-bond acceptors (Lipinski definition) is 1. The van der Waals surface area contributed by atoms with Gasteiger partial charge in [0.15, 0.2) is 11.6 Å². The first-order valence-corrected chi connectivity index (χ1v) is 5.07. The minimum Gasteiger partial charge on any atom is -0.401 e. The molecule has 0 aliphatic rings. The molecule has 0 spiro atoms. The molecule has 1 nitrogen and oxygen atoms in total. The van der Waals surface area contributed by atoms with Crippen LogP contribution in [0.25, 0.3) is 0 Å². The molecule has 0 fully saturated rings. The summed E-state index contributed by atoms with van der Waals surface area (Å²) >= 11 is 4.56. The Labute approximate surface area is 98.7 Å². The maximum Gasteiger partial charge on any atom is 0.573 e. The summed E-state index contributed by atoms with van der Waals surface area (Å²) < 4.78 is 52.2. The maximum atomic E-state index is 13.0. The topological polar surface area (TPSA) is 9.23 Å². The van der Waals surface area contributed by atoms with Crippen LogP contribution in [-0.2, 0) is 0 Å². The van der Waals surface area contributed by atoms with E-state index in [2.05, 4.69) is 20.7 Å². The van der Waals surface area contributed by atoms with Crippen LogP contribution in [0.15, 0.2) is 16.6 Å². The van der Waals surface area contributed by atoms with Gasteiger partial charge in [-0.3, -0.25) is 0 Å². The SMILES string of the molecule is Fc1cc(I)cc(Br)c1OC(F)(F)F. The number of benzene rings is 1. The van der Waals surface area contributed by atoms with Crippen molar-refractivity contribution < 1.29 is 22.3 Å². The Kier molecular flexibility index (Phi) is 3.62. The number of halogens is 6. The molecule has 0 radical (unpaired) electrons. The zero-order valence-corrected chi connectivity index (χ0v) is 10.1. The fourth-order valence-electron chi connectivity index (χ4n) is 0.742. The molecule has 7 heteroatoms. The number of hydrogen-bond donors (Lipinski definition) is 0. The molecular formula is C7H2BrF4IO. The van der Waals surface area contributed by atoms with Crippen molar-refractivity contribution in [2.75, 3.05) is 0 Å². The predicted octanol–water partition coefficient (Wildman–Crippen LogP) is 4.09. The molecule has 0 heterocycles. The van der Waals surface area contributed by atoms with Gasteiger partial charge in [-0.25, -0.2) is 4.39 Å². The minimum atomic E-state index is -4.89. The van der Waals surface area contributed by atoms with Crippen molar-refractivity contribution in [1.82, 2.24) is 0 Å². The van der Waals surface area contributed by atoms with Crippen molar-refractivity contribution in [3.8, 4) is 5.75 Å². The second-order valence-electron chi connectivity index (χ2n) is 2.25. The van der Waals surface area contributed by atoms with Gasteiger partial charge in [0.2, 0.25) is 0 Å². The smallest absolute Gasteiger partial charge is 0.401 e. The van der Waals surface area contributed by atoms with Gasteiger partial charge in [-0.15, -0.1) is 13.2 Å². The molecule has 0 aliphatic carbocycles. The summed E-state index contributed by atoms with van der Waals surface area (Å²) in [5, 5.41) is 0. The zero-order chi connectivity index (χ0) is 10.9. The van der Waals surface area contributed by atoms with Crippen molar-refractivity contribution in [3.63, 3.8) is 0 Å². The van der Waals surface area contributed by atoms with Crippen LogP contribution in [0, 0.1) is 9.39 Å². The lowest BCUT2D eigenvalue weighted by atomic mass is 10.3. The summed E-state index contributed by atoms with van der Waals surface area (Å²) in [6.07, 6.45) is -4.89. The minimum absolute atomic E-state index is 0.0702. The molecule has 0 bridgehead atoms. The summed E-state index contributed by atoms with van der Waals surface area (Å²) in [7, 11) is 0. The van der Waals surface area contributed by atoms with E-state index in [9.17, 15) is 17.6 Å². The number of alkyl halides is 3. The van der Waals surface area contributed by atoms with Gasteiger partial charge in [0.05, 0.1) is 4.47 Å². The molecule has 0 saturated carbocycles. The molecule has 0 amide bonds. The van der Waals surface area contributed by atoms with Gasteiger partial charge >= 0.3 is 6.36 Å². The summed E-state index contributed by atoms with van der Waals surface area (Å²) in [6, 6.07) is 2.27. The normalized spacial score (nSPS) is 11.6. The lowest BCUT2D eigenvalue weighted by molar-refractivity contribution is -0.275. The monoisotopic (exact) mass is 384 g/mol. The zero-order valence-electron chi connectivity index (χ0n) is 6.33. The van der Waals surface area contributed by atoms with Crippen LogP contribution in [0.1, 0.15) is 0 Å². The fourth-order valence-corrected chi connectivity index (χ4v) is 2.27. The fraction of sp³-hybridized carbons (Fsp3) is 0.143. The van der Waals surface area contributed by atoms with E-state index in [1.54, 1.807) is 22.6 Å². The Morgan fingerprint density at radius 1 is 1.29 bits per heavy atom. The molecular weight excluding hydrogens is 383 g/mol. The van der Waals surface area contributed by atoms with E-state index in [4.69, 9.17) is 0 Å². The molecule has 1 aromatic rings. The van der Waals surface area contributed by atoms with E-state index in [0.717, 1.165) is 6.07 Å². The van der Waals surface area contributed by atoms with Gasteiger partial charge in [-0.05, 0) is 50.7 Å². The molecule has 0 N–H and O–H groups in total. The largest absolute Gasteiger partial charge is 0.573 e. The molecule has 0 unspecified atom stereocenters. The molecule has 0 aliphatic heterocycles. The van der Waals surface area contributed by atoms with Gasteiger partial charge in [0.1, 0.15) is 0 Å². The lowest BCUT2D eigenvalue weighted by Gasteiger charge is -2.11. The van der Waals surface area contributed by atoms with Gasteiger partial charge in [0, 0.05) is 3.57 Å². The van der Waals surface area contributed by atoms with Crippen LogP contribution in [0.4, 0.5) is 17.6 Å². The van der Waals surface area contributed by atoms with Crippen LogP contribution in [0.5, 0.6) is 5.75 Å². The van der Waals surface area contributed by atoms with Crippen molar-refractivity contribution >= 4 is 38.5 Å². The lowest BCUT2D eigenvalue weighted by Crippen LogP contribution is -2.18. The number of ether oxygens (including phenoxy) is 1. The molecule has 1 rings (SSSR count). The first kappa shape index (κ1) is 12.0. The molecule has 78 valence electrons. The summed E-state index contributed by atoms with van der Waals surface area (Å²) in [6.45, 7) is 0. The van der Waals surface area contributed by atoms with Crippen molar-refractivity contribution in [1.29, 1.82) is 0 Å². The van der Waals surface area contributed by atoms with Crippen molar-refractivity contribution in [2.45, 2.75) is 6.36 Å². The molecule has 1 aromatic carbocycles. The van der Waals surface area contributed by atoms with E-state index in [0.29, 0.717) is 3.57 Å². The Morgan fingerprint density at radius 2 is 1.86 bits per heavy atom. The van der Waals surface area contributed by atoms with Crippen LogP contribution in [0.2, 0.25) is 0 Å². The molecule has 0 saturated heterocycles. The first-order valence-electron chi connectivity index (χ1n) is 3.20. The molecule has 0 aromatic heterocycles. The third-order valence-corrected chi connectivity index (χ3v) is 2.39. The number of rotatable bonds is 1. The van der Waals surface area contributed by atoms with Crippen molar-refractivity contribution in [3.05, 3.63) is 26.0 Å². The summed E-state index contributed by atoms with van der Waals surface area (Å²) in [5.74, 6) is -1.90. The van der Waals surface area contributed by atoms with E-state index in [1.807, 2.05) is 0 Å². The predicted molar refractivity (Wildman–Crippen MR) is 53.5 cm³/mol. The second-order valence-corrected chi connectivity index (χ2v) is 4.35. The molecule has 0 atom stereocenters. The Morgan fingerprint density at radius 3 is 2.29 bits per heavy atom. The van der Waals surface area contributed by atoms with Crippen molar-refractivity contribution in [2.24, 2.45) is 0 Å². The first-order chi connectivity index (χ1) is 6.29. The van der Waals surface area contributed by atoms with Crippen LogP contribution < -0.4 is 4.74 Å². The maximum absolute atomic E-state index is 13.0. The van der Waals surface area contributed by atoms with E-state index in [1.165, 1.54) is 6.07 Å². The summed E-state index contributed by atoms with van der Waals surface area (Å²) in [5.41, 5.74) is 0. The Balaban J connectivity index is 3.09. The Bertz CT molecular complexity index is 329. The van der Waals surface area contributed by atoms with E-state index < -0.39 is 17.9 Å². The Hall–Kier alpha value is -0.0500. The van der Waals surface area contributed by atoms with Gasteiger partial charge in [-0.2, -0.15) is 0 Å². The van der Waals surface area contributed by atoms with Crippen LogP contribution >= 0.6 is 38.5 Å². The highest BCUT2D eigenvalue weighted by Gasteiger charge is 2.33. The second kappa shape index (κ2) is 4.21. The quantitative estimate of drug-likeness (QED) is 0.523.